The van der Waals surface area contributed by atoms with Gasteiger partial charge in [0, 0.05) is 16.5 Å². The third-order valence-electron chi connectivity index (χ3n) is 3.97. The summed E-state index contributed by atoms with van der Waals surface area (Å²) >= 11 is 0. The van der Waals surface area contributed by atoms with Crippen molar-refractivity contribution in [3.05, 3.63) is 60.2 Å². The van der Waals surface area contributed by atoms with Crippen molar-refractivity contribution in [2.24, 2.45) is 0 Å². The Hall–Kier alpha value is -3.08. The molecular weight excluding hydrogens is 306 g/mol. The van der Waals surface area contributed by atoms with Gasteiger partial charge in [-0.1, -0.05) is 48.5 Å². The number of esters is 2. The average Bonchev–Trinajstić information content (AvgIpc) is 3.01. The summed E-state index contributed by atoms with van der Waals surface area (Å²) in [6.45, 7) is 0. The van der Waals surface area contributed by atoms with E-state index in [9.17, 15) is 9.59 Å². The lowest BCUT2D eigenvalue weighted by atomic mass is 9.93. The highest BCUT2D eigenvalue weighted by atomic mass is 16.5. The topological polar surface area (TPSA) is 68.4 Å². The summed E-state index contributed by atoms with van der Waals surface area (Å²) in [6, 6.07) is 17.1. The number of carbonyl (C=O) groups excluding carboxylic acids is 2. The third-order valence-corrected chi connectivity index (χ3v) is 3.97. The van der Waals surface area contributed by atoms with Crippen molar-refractivity contribution in [1.82, 2.24) is 4.98 Å². The molecule has 0 saturated carbocycles. The number of para-hydroxylation sites is 1. The van der Waals surface area contributed by atoms with Crippen LogP contribution < -0.4 is 0 Å². The normalized spacial score (nSPS) is 10.8. The van der Waals surface area contributed by atoms with Gasteiger partial charge in [-0.05, 0) is 11.6 Å². The molecule has 5 nitrogen and oxygen atoms in total. The van der Waals surface area contributed by atoms with Crippen molar-refractivity contribution in [3.63, 3.8) is 0 Å². The summed E-state index contributed by atoms with van der Waals surface area (Å²) in [5, 5.41) is 0.789. The summed E-state index contributed by atoms with van der Waals surface area (Å²) in [7, 11) is 2.52. The number of H-pyrrole nitrogens is 1. The summed E-state index contributed by atoms with van der Waals surface area (Å²) in [5.74, 6) is -2.45. The molecule has 0 amide bonds. The first-order valence-corrected chi connectivity index (χ1v) is 7.49. The van der Waals surface area contributed by atoms with Gasteiger partial charge in [-0.15, -0.1) is 0 Å². The zero-order valence-corrected chi connectivity index (χ0v) is 13.4. The van der Waals surface area contributed by atoms with Crippen LogP contribution in [0.5, 0.6) is 0 Å². The molecular formula is C19H17NO4. The molecule has 122 valence electrons. The molecule has 0 saturated heterocycles. The number of hydrogen-bond donors (Lipinski definition) is 1. The van der Waals surface area contributed by atoms with Crippen molar-refractivity contribution in [1.29, 1.82) is 0 Å². The van der Waals surface area contributed by atoms with Crippen LogP contribution in [0.1, 0.15) is 11.5 Å². The molecule has 1 N–H and O–H groups in total. The lowest BCUT2D eigenvalue weighted by Crippen LogP contribution is -2.24. The van der Waals surface area contributed by atoms with Gasteiger partial charge in [0.25, 0.3) is 0 Å². The molecule has 3 rings (SSSR count). The molecule has 1 heterocycles. The Morgan fingerprint density at radius 3 is 2.08 bits per heavy atom. The monoisotopic (exact) mass is 323 g/mol. The number of fused-ring (bicyclic) bond motifs is 1. The van der Waals surface area contributed by atoms with Crippen molar-refractivity contribution < 1.29 is 19.1 Å². The number of aromatic amines is 1. The Bertz CT molecular complexity index is 867. The standard InChI is InChI=1S/C19H17NO4/c1-23-18(21)16(19(22)24-2)15-13-10-6-7-11-14(13)20-17(15)12-8-4-3-5-9-12/h3-11,16,20H,1-2H3. The van der Waals surface area contributed by atoms with E-state index in [0.29, 0.717) is 11.3 Å². The molecule has 3 aromatic rings. The SMILES string of the molecule is COC(=O)C(C(=O)OC)c1c(-c2ccccc2)[nH]c2ccccc12. The predicted molar refractivity (Wildman–Crippen MR) is 90.5 cm³/mol. The van der Waals surface area contributed by atoms with E-state index < -0.39 is 17.9 Å². The molecule has 0 aliphatic heterocycles. The van der Waals surface area contributed by atoms with Crippen LogP contribution in [-0.2, 0) is 19.1 Å². The highest BCUT2D eigenvalue weighted by Gasteiger charge is 2.35. The number of nitrogens with one attached hydrogen (secondary N) is 1. The second-order valence-electron chi connectivity index (χ2n) is 5.30. The Kier molecular flexibility index (Phi) is 4.33. The molecule has 0 atom stereocenters. The average molecular weight is 323 g/mol. The first-order chi connectivity index (χ1) is 11.7. The van der Waals surface area contributed by atoms with E-state index in [-0.39, 0.29) is 0 Å². The highest BCUT2D eigenvalue weighted by Crippen LogP contribution is 2.36. The van der Waals surface area contributed by atoms with Crippen molar-refractivity contribution >= 4 is 22.8 Å². The van der Waals surface area contributed by atoms with Gasteiger partial charge in [0.15, 0.2) is 5.92 Å². The molecule has 0 aliphatic carbocycles. The molecule has 0 aliphatic rings. The van der Waals surface area contributed by atoms with Gasteiger partial charge < -0.3 is 14.5 Å². The fourth-order valence-electron chi connectivity index (χ4n) is 2.86. The van der Waals surface area contributed by atoms with Crippen LogP contribution in [0.4, 0.5) is 0 Å². The largest absolute Gasteiger partial charge is 0.468 e. The third kappa shape index (κ3) is 2.65. The summed E-state index contributed by atoms with van der Waals surface area (Å²) < 4.78 is 9.69. The number of methoxy groups -OCH3 is 2. The molecule has 0 radical (unpaired) electrons. The van der Waals surface area contributed by atoms with Gasteiger partial charge in [-0.25, -0.2) is 0 Å². The summed E-state index contributed by atoms with van der Waals surface area (Å²) in [4.78, 5) is 27.9. The molecule has 0 unspecified atom stereocenters. The number of ether oxygens (including phenoxy) is 2. The van der Waals surface area contributed by atoms with Crippen LogP contribution in [0.15, 0.2) is 54.6 Å². The number of hydrogen-bond acceptors (Lipinski definition) is 4. The zero-order valence-electron chi connectivity index (χ0n) is 13.4. The maximum atomic E-state index is 12.3. The second-order valence-corrected chi connectivity index (χ2v) is 5.30. The fourth-order valence-corrected chi connectivity index (χ4v) is 2.86. The van der Waals surface area contributed by atoms with Crippen LogP contribution >= 0.6 is 0 Å². The second kappa shape index (κ2) is 6.58. The van der Waals surface area contributed by atoms with E-state index in [1.807, 2.05) is 54.6 Å². The van der Waals surface area contributed by atoms with E-state index in [0.717, 1.165) is 16.5 Å². The van der Waals surface area contributed by atoms with E-state index in [2.05, 4.69) is 4.98 Å². The minimum Gasteiger partial charge on any atom is -0.468 e. The van der Waals surface area contributed by atoms with Gasteiger partial charge in [0.1, 0.15) is 0 Å². The number of rotatable bonds is 4. The molecule has 1 aromatic heterocycles. The van der Waals surface area contributed by atoms with Crippen LogP contribution in [0.25, 0.3) is 22.2 Å². The van der Waals surface area contributed by atoms with E-state index in [1.165, 1.54) is 14.2 Å². The lowest BCUT2D eigenvalue weighted by Gasteiger charge is -2.14. The van der Waals surface area contributed by atoms with Crippen LogP contribution in [-0.4, -0.2) is 31.1 Å². The van der Waals surface area contributed by atoms with Crippen LogP contribution in [0, 0.1) is 0 Å². The van der Waals surface area contributed by atoms with Gasteiger partial charge in [0.05, 0.1) is 19.9 Å². The fraction of sp³-hybridized carbons (Fsp3) is 0.158. The van der Waals surface area contributed by atoms with Gasteiger partial charge in [-0.2, -0.15) is 0 Å². The first kappa shape index (κ1) is 15.8. The van der Waals surface area contributed by atoms with Crippen molar-refractivity contribution in [2.45, 2.75) is 5.92 Å². The predicted octanol–water partition coefficient (Wildman–Crippen LogP) is 3.26. The zero-order chi connectivity index (χ0) is 17.1. The maximum Gasteiger partial charge on any atom is 0.324 e. The number of aromatic nitrogens is 1. The maximum absolute atomic E-state index is 12.3. The summed E-state index contributed by atoms with van der Waals surface area (Å²) in [6.07, 6.45) is 0. The molecule has 0 fully saturated rings. The molecule has 24 heavy (non-hydrogen) atoms. The summed E-state index contributed by atoms with van der Waals surface area (Å²) in [5.41, 5.74) is 2.98. The number of carbonyl (C=O) groups is 2. The van der Waals surface area contributed by atoms with Crippen molar-refractivity contribution in [2.75, 3.05) is 14.2 Å². The van der Waals surface area contributed by atoms with Crippen LogP contribution in [0.2, 0.25) is 0 Å². The highest BCUT2D eigenvalue weighted by molar-refractivity contribution is 6.07. The van der Waals surface area contributed by atoms with Gasteiger partial charge in [0.2, 0.25) is 0 Å². The smallest absolute Gasteiger partial charge is 0.324 e. The van der Waals surface area contributed by atoms with Gasteiger partial charge >= 0.3 is 11.9 Å². The van der Waals surface area contributed by atoms with Crippen molar-refractivity contribution in [3.8, 4) is 11.3 Å². The van der Waals surface area contributed by atoms with Gasteiger partial charge in [-0.3, -0.25) is 9.59 Å². The quantitative estimate of drug-likeness (QED) is 0.591. The number of benzene rings is 2. The molecule has 2 aromatic carbocycles. The van der Waals surface area contributed by atoms with E-state index >= 15 is 0 Å². The Morgan fingerprint density at radius 2 is 1.46 bits per heavy atom. The molecule has 0 bridgehead atoms. The Balaban J connectivity index is 2.31. The minimum atomic E-state index is -1.15. The minimum absolute atomic E-state index is 0.565. The van der Waals surface area contributed by atoms with Crippen LogP contribution in [0.3, 0.4) is 0 Å². The van der Waals surface area contributed by atoms with E-state index in [1.54, 1.807) is 0 Å². The Labute approximate surface area is 139 Å². The lowest BCUT2D eigenvalue weighted by molar-refractivity contribution is -0.154. The van der Waals surface area contributed by atoms with E-state index in [4.69, 9.17) is 9.47 Å². The molecule has 0 spiro atoms. The molecule has 5 heteroatoms. The first-order valence-electron chi connectivity index (χ1n) is 7.49. The Morgan fingerprint density at radius 1 is 0.875 bits per heavy atom.